The number of nitrogens with zero attached hydrogens (tertiary/aromatic N) is 1. The van der Waals surface area contributed by atoms with Crippen molar-refractivity contribution in [1.29, 1.82) is 0 Å². The number of Topliss-reactive ketones (excluding diaryl/α,β-unsaturated/α-hetero) is 1. The lowest BCUT2D eigenvalue weighted by Gasteiger charge is -2.45. The molecule has 1 N–H and O–H groups in total. The standard InChI is InChI=1S/C15H30N2O/c1-10(2)7-14(15(18)11(3)4)17-8-13(9-17)16-12(5)6/h10-14,16H,7-9H2,1-6H3/t14-/m1/s1. The first-order valence-electron chi connectivity index (χ1n) is 7.35. The Hall–Kier alpha value is -0.410. The van der Waals surface area contributed by atoms with E-state index in [2.05, 4.69) is 37.9 Å². The Morgan fingerprint density at radius 2 is 1.72 bits per heavy atom. The first-order valence-corrected chi connectivity index (χ1v) is 7.35. The quantitative estimate of drug-likeness (QED) is 0.756. The van der Waals surface area contributed by atoms with E-state index in [1.807, 2.05) is 13.8 Å². The molecule has 1 aliphatic rings. The van der Waals surface area contributed by atoms with Crippen molar-refractivity contribution in [2.45, 2.75) is 66.1 Å². The lowest BCUT2D eigenvalue weighted by atomic mass is 9.90. The van der Waals surface area contributed by atoms with Gasteiger partial charge in [0.05, 0.1) is 6.04 Å². The molecule has 0 aromatic carbocycles. The summed E-state index contributed by atoms with van der Waals surface area (Å²) in [4.78, 5) is 14.6. The molecule has 106 valence electrons. The minimum Gasteiger partial charge on any atom is -0.309 e. The first kappa shape index (κ1) is 15.6. The Bertz CT molecular complexity index is 268. The topological polar surface area (TPSA) is 32.3 Å². The summed E-state index contributed by atoms with van der Waals surface area (Å²) in [7, 11) is 0. The molecule has 3 nitrogen and oxygen atoms in total. The molecule has 0 radical (unpaired) electrons. The number of ketones is 1. The zero-order chi connectivity index (χ0) is 13.9. The summed E-state index contributed by atoms with van der Waals surface area (Å²) in [5.41, 5.74) is 0. The van der Waals surface area contributed by atoms with Gasteiger partial charge in [-0.15, -0.1) is 0 Å². The van der Waals surface area contributed by atoms with Crippen LogP contribution in [0.2, 0.25) is 0 Å². The average molecular weight is 254 g/mol. The number of carbonyl (C=O) groups is 1. The molecular weight excluding hydrogens is 224 g/mol. The Labute approximate surface area is 112 Å². The van der Waals surface area contributed by atoms with Crippen molar-refractivity contribution in [2.75, 3.05) is 13.1 Å². The first-order chi connectivity index (χ1) is 8.31. The lowest BCUT2D eigenvalue weighted by molar-refractivity contribution is -0.130. The van der Waals surface area contributed by atoms with Crippen LogP contribution in [0, 0.1) is 11.8 Å². The van der Waals surface area contributed by atoms with E-state index in [-0.39, 0.29) is 12.0 Å². The van der Waals surface area contributed by atoms with Crippen LogP contribution in [0.25, 0.3) is 0 Å². The number of rotatable bonds is 7. The maximum atomic E-state index is 12.3. The molecule has 0 unspecified atom stereocenters. The van der Waals surface area contributed by atoms with E-state index < -0.39 is 0 Å². The van der Waals surface area contributed by atoms with Crippen molar-refractivity contribution >= 4 is 5.78 Å². The highest BCUT2D eigenvalue weighted by atomic mass is 16.1. The van der Waals surface area contributed by atoms with Crippen molar-refractivity contribution in [1.82, 2.24) is 10.2 Å². The van der Waals surface area contributed by atoms with Crippen LogP contribution in [0.3, 0.4) is 0 Å². The van der Waals surface area contributed by atoms with Gasteiger partial charge in [0.2, 0.25) is 0 Å². The fourth-order valence-electron chi connectivity index (χ4n) is 2.62. The van der Waals surface area contributed by atoms with Gasteiger partial charge in [-0.1, -0.05) is 41.5 Å². The molecule has 1 aliphatic heterocycles. The Morgan fingerprint density at radius 3 is 2.11 bits per heavy atom. The van der Waals surface area contributed by atoms with Crippen LogP contribution in [-0.2, 0) is 4.79 Å². The molecule has 1 rings (SSSR count). The van der Waals surface area contributed by atoms with E-state index in [1.54, 1.807) is 0 Å². The minimum atomic E-state index is 0.134. The summed E-state index contributed by atoms with van der Waals surface area (Å²) < 4.78 is 0. The summed E-state index contributed by atoms with van der Waals surface area (Å²) >= 11 is 0. The SMILES string of the molecule is CC(C)C[C@H](C(=O)C(C)C)N1CC(NC(C)C)C1. The molecule has 1 heterocycles. The highest BCUT2D eigenvalue weighted by Gasteiger charge is 2.36. The predicted molar refractivity (Wildman–Crippen MR) is 76.7 cm³/mol. The summed E-state index contributed by atoms with van der Waals surface area (Å²) in [6, 6.07) is 1.23. The molecule has 18 heavy (non-hydrogen) atoms. The molecule has 0 aliphatic carbocycles. The molecule has 0 saturated carbocycles. The highest BCUT2D eigenvalue weighted by Crippen LogP contribution is 2.21. The van der Waals surface area contributed by atoms with Gasteiger partial charge in [0, 0.05) is 31.1 Å². The number of likely N-dealkylation sites (tertiary alicyclic amines) is 1. The highest BCUT2D eigenvalue weighted by molar-refractivity contribution is 5.85. The molecule has 3 heteroatoms. The molecule has 1 atom stereocenters. The molecule has 0 amide bonds. The van der Waals surface area contributed by atoms with Gasteiger partial charge in [-0.3, -0.25) is 9.69 Å². The molecule has 1 fully saturated rings. The summed E-state index contributed by atoms with van der Waals surface area (Å²) in [5.74, 6) is 1.13. The van der Waals surface area contributed by atoms with Crippen molar-refractivity contribution in [2.24, 2.45) is 11.8 Å². The average Bonchev–Trinajstić information content (AvgIpc) is 2.18. The second-order valence-corrected chi connectivity index (χ2v) is 6.67. The predicted octanol–water partition coefficient (Wildman–Crippen LogP) is 2.31. The van der Waals surface area contributed by atoms with Gasteiger partial charge in [0.1, 0.15) is 0 Å². The molecule has 0 spiro atoms. The minimum absolute atomic E-state index is 0.134. The normalized spacial score (nSPS) is 19.6. The third-order valence-electron chi connectivity index (χ3n) is 3.51. The van der Waals surface area contributed by atoms with Gasteiger partial charge >= 0.3 is 0 Å². The smallest absolute Gasteiger partial charge is 0.152 e. The maximum Gasteiger partial charge on any atom is 0.152 e. The van der Waals surface area contributed by atoms with Crippen LogP contribution in [-0.4, -0.2) is 41.9 Å². The van der Waals surface area contributed by atoms with E-state index in [1.165, 1.54) is 0 Å². The zero-order valence-corrected chi connectivity index (χ0v) is 12.9. The van der Waals surface area contributed by atoms with Crippen LogP contribution >= 0.6 is 0 Å². The van der Waals surface area contributed by atoms with Crippen molar-refractivity contribution in [3.63, 3.8) is 0 Å². The number of nitrogens with one attached hydrogen (secondary N) is 1. The summed E-state index contributed by atoms with van der Waals surface area (Å²) in [6.07, 6.45) is 0.991. The van der Waals surface area contributed by atoms with Gasteiger partial charge in [0.25, 0.3) is 0 Å². The number of hydrogen-bond acceptors (Lipinski definition) is 3. The van der Waals surface area contributed by atoms with Crippen LogP contribution in [0.5, 0.6) is 0 Å². The Kier molecular flexibility index (Phi) is 5.80. The largest absolute Gasteiger partial charge is 0.309 e. The van der Waals surface area contributed by atoms with Gasteiger partial charge in [0.15, 0.2) is 5.78 Å². The molecule has 0 aromatic heterocycles. The molecule has 0 aromatic rings. The maximum absolute atomic E-state index is 12.3. The van der Waals surface area contributed by atoms with Gasteiger partial charge < -0.3 is 5.32 Å². The molecule has 1 saturated heterocycles. The summed E-state index contributed by atoms with van der Waals surface area (Å²) in [5, 5.41) is 3.53. The monoisotopic (exact) mass is 254 g/mol. The third-order valence-corrected chi connectivity index (χ3v) is 3.51. The number of carbonyl (C=O) groups excluding carboxylic acids is 1. The Morgan fingerprint density at radius 1 is 1.17 bits per heavy atom. The van der Waals surface area contributed by atoms with Gasteiger partial charge in [-0.2, -0.15) is 0 Å². The van der Waals surface area contributed by atoms with Crippen LogP contribution in [0.1, 0.15) is 48.0 Å². The van der Waals surface area contributed by atoms with Crippen molar-refractivity contribution in [3.8, 4) is 0 Å². The van der Waals surface area contributed by atoms with Crippen molar-refractivity contribution in [3.05, 3.63) is 0 Å². The lowest BCUT2D eigenvalue weighted by Crippen LogP contribution is -2.64. The molecule has 0 bridgehead atoms. The van der Waals surface area contributed by atoms with E-state index in [4.69, 9.17) is 0 Å². The second-order valence-electron chi connectivity index (χ2n) is 6.67. The van der Waals surface area contributed by atoms with E-state index in [0.29, 0.717) is 23.8 Å². The number of hydrogen-bond donors (Lipinski definition) is 1. The fourth-order valence-corrected chi connectivity index (χ4v) is 2.62. The molecular formula is C15H30N2O. The van der Waals surface area contributed by atoms with Gasteiger partial charge in [-0.25, -0.2) is 0 Å². The van der Waals surface area contributed by atoms with E-state index in [9.17, 15) is 4.79 Å². The van der Waals surface area contributed by atoms with Crippen LogP contribution < -0.4 is 5.32 Å². The third kappa shape index (κ3) is 4.36. The zero-order valence-electron chi connectivity index (χ0n) is 12.9. The van der Waals surface area contributed by atoms with Crippen molar-refractivity contribution < 1.29 is 4.79 Å². The van der Waals surface area contributed by atoms with Crippen LogP contribution in [0.15, 0.2) is 0 Å². The Balaban J connectivity index is 2.51. The fraction of sp³-hybridized carbons (Fsp3) is 0.933. The van der Waals surface area contributed by atoms with Gasteiger partial charge in [-0.05, 0) is 12.3 Å². The van der Waals surface area contributed by atoms with E-state index in [0.717, 1.165) is 19.5 Å². The summed E-state index contributed by atoms with van der Waals surface area (Å²) in [6.45, 7) is 14.8. The second kappa shape index (κ2) is 6.67. The van der Waals surface area contributed by atoms with E-state index >= 15 is 0 Å². The van der Waals surface area contributed by atoms with Crippen LogP contribution in [0.4, 0.5) is 0 Å².